The molecule has 0 aromatic heterocycles. The van der Waals surface area contributed by atoms with Gasteiger partial charge < -0.3 is 9.47 Å². The second-order valence-corrected chi connectivity index (χ2v) is 7.65. The third-order valence-electron chi connectivity index (χ3n) is 3.48. The standard InChI is InChI=1S/C19H25NO4S/c1-4-16-6-5-7-18(14-16)23-13-12-20-25(21,22)19-10-8-17(9-11-19)24-15(2)3/h5-11,14-15,20H,4,12-13H2,1-3H3. The highest BCUT2D eigenvalue weighted by Crippen LogP contribution is 2.17. The van der Waals surface area contributed by atoms with Gasteiger partial charge in [-0.25, -0.2) is 13.1 Å². The molecule has 5 nitrogen and oxygen atoms in total. The Morgan fingerprint density at radius 3 is 2.40 bits per heavy atom. The van der Waals surface area contributed by atoms with Crippen molar-refractivity contribution in [1.29, 1.82) is 0 Å². The predicted molar refractivity (Wildman–Crippen MR) is 98.7 cm³/mol. The monoisotopic (exact) mass is 363 g/mol. The summed E-state index contributed by atoms with van der Waals surface area (Å²) in [5.74, 6) is 1.39. The van der Waals surface area contributed by atoms with Gasteiger partial charge in [-0.1, -0.05) is 19.1 Å². The zero-order valence-corrected chi connectivity index (χ0v) is 15.7. The molecule has 0 bridgehead atoms. The molecule has 0 radical (unpaired) electrons. The molecule has 0 amide bonds. The number of ether oxygens (including phenoxy) is 2. The Kier molecular flexibility index (Phi) is 6.84. The van der Waals surface area contributed by atoms with Gasteiger partial charge in [0.1, 0.15) is 18.1 Å². The lowest BCUT2D eigenvalue weighted by Crippen LogP contribution is -2.28. The molecule has 0 saturated carbocycles. The van der Waals surface area contributed by atoms with Crippen molar-refractivity contribution in [3.8, 4) is 11.5 Å². The van der Waals surface area contributed by atoms with Crippen molar-refractivity contribution < 1.29 is 17.9 Å². The lowest BCUT2D eigenvalue weighted by molar-refractivity contribution is 0.242. The number of nitrogens with one attached hydrogen (secondary N) is 1. The lowest BCUT2D eigenvalue weighted by Gasteiger charge is -2.11. The molecule has 0 fully saturated rings. The quantitative estimate of drug-likeness (QED) is 0.694. The summed E-state index contributed by atoms with van der Waals surface area (Å²) < 4.78 is 38.2. The third kappa shape index (κ3) is 6.07. The summed E-state index contributed by atoms with van der Waals surface area (Å²) in [6.07, 6.45) is 0.976. The number of hydrogen-bond donors (Lipinski definition) is 1. The van der Waals surface area contributed by atoms with Crippen molar-refractivity contribution in [3.63, 3.8) is 0 Å². The number of hydrogen-bond acceptors (Lipinski definition) is 4. The summed E-state index contributed by atoms with van der Waals surface area (Å²) in [7, 11) is -3.56. The highest BCUT2D eigenvalue weighted by Gasteiger charge is 2.13. The molecule has 0 atom stereocenters. The van der Waals surface area contributed by atoms with E-state index in [1.54, 1.807) is 12.1 Å². The molecule has 2 aromatic carbocycles. The van der Waals surface area contributed by atoms with Crippen molar-refractivity contribution in [2.75, 3.05) is 13.2 Å². The van der Waals surface area contributed by atoms with Crippen LogP contribution in [0.3, 0.4) is 0 Å². The Morgan fingerprint density at radius 2 is 1.76 bits per heavy atom. The van der Waals surface area contributed by atoms with E-state index in [0.717, 1.165) is 12.2 Å². The second-order valence-electron chi connectivity index (χ2n) is 5.89. The van der Waals surface area contributed by atoms with Gasteiger partial charge in [0.2, 0.25) is 10.0 Å². The summed E-state index contributed by atoms with van der Waals surface area (Å²) in [4.78, 5) is 0.205. The van der Waals surface area contributed by atoms with Crippen LogP contribution in [0.2, 0.25) is 0 Å². The summed E-state index contributed by atoms with van der Waals surface area (Å²) >= 11 is 0. The van der Waals surface area contributed by atoms with Gasteiger partial charge in [0.05, 0.1) is 11.0 Å². The van der Waals surface area contributed by atoms with Crippen molar-refractivity contribution in [2.24, 2.45) is 0 Å². The molecular weight excluding hydrogens is 338 g/mol. The Hall–Kier alpha value is -2.05. The Morgan fingerprint density at radius 1 is 1.04 bits per heavy atom. The van der Waals surface area contributed by atoms with Gasteiger partial charge in [0, 0.05) is 6.54 Å². The molecular formula is C19H25NO4S. The lowest BCUT2D eigenvalue weighted by atomic mass is 10.2. The van der Waals surface area contributed by atoms with Gasteiger partial charge >= 0.3 is 0 Å². The maximum absolute atomic E-state index is 12.3. The van der Waals surface area contributed by atoms with Gasteiger partial charge in [-0.05, 0) is 62.2 Å². The fourth-order valence-corrected chi connectivity index (χ4v) is 3.27. The molecule has 0 aliphatic rings. The average molecular weight is 363 g/mol. The minimum absolute atomic E-state index is 0.0453. The zero-order chi connectivity index (χ0) is 18.3. The van der Waals surface area contributed by atoms with Crippen LogP contribution in [-0.4, -0.2) is 27.7 Å². The average Bonchev–Trinajstić information content (AvgIpc) is 2.59. The molecule has 1 N–H and O–H groups in total. The van der Waals surface area contributed by atoms with Crippen molar-refractivity contribution in [1.82, 2.24) is 4.72 Å². The van der Waals surface area contributed by atoms with Crippen LogP contribution in [-0.2, 0) is 16.4 Å². The van der Waals surface area contributed by atoms with Gasteiger partial charge in [-0.2, -0.15) is 0 Å². The number of sulfonamides is 1. The minimum Gasteiger partial charge on any atom is -0.492 e. The van der Waals surface area contributed by atoms with Crippen LogP contribution in [0.4, 0.5) is 0 Å². The Balaban J connectivity index is 1.86. The van der Waals surface area contributed by atoms with Crippen LogP contribution in [0.5, 0.6) is 11.5 Å². The van der Waals surface area contributed by atoms with E-state index >= 15 is 0 Å². The third-order valence-corrected chi connectivity index (χ3v) is 4.95. The number of aryl methyl sites for hydroxylation is 1. The number of benzene rings is 2. The first-order valence-electron chi connectivity index (χ1n) is 8.39. The molecule has 0 saturated heterocycles. The van der Waals surface area contributed by atoms with Crippen molar-refractivity contribution >= 4 is 10.0 Å². The number of rotatable bonds is 9. The molecule has 25 heavy (non-hydrogen) atoms. The predicted octanol–water partition coefficient (Wildman–Crippen LogP) is 3.39. The largest absolute Gasteiger partial charge is 0.492 e. The van der Waals surface area contributed by atoms with E-state index < -0.39 is 10.0 Å². The SMILES string of the molecule is CCc1cccc(OCCNS(=O)(=O)c2ccc(OC(C)C)cc2)c1. The van der Waals surface area contributed by atoms with E-state index in [1.165, 1.54) is 17.7 Å². The van der Waals surface area contributed by atoms with E-state index in [0.29, 0.717) is 5.75 Å². The van der Waals surface area contributed by atoms with E-state index in [4.69, 9.17) is 9.47 Å². The summed E-state index contributed by atoms with van der Waals surface area (Å²) in [6.45, 7) is 6.37. The van der Waals surface area contributed by atoms with Gasteiger partial charge in [0.15, 0.2) is 0 Å². The van der Waals surface area contributed by atoms with E-state index in [1.807, 2.05) is 38.1 Å². The molecule has 2 rings (SSSR count). The first kappa shape index (κ1) is 19.3. The summed E-state index contributed by atoms with van der Waals surface area (Å²) in [5, 5.41) is 0. The zero-order valence-electron chi connectivity index (χ0n) is 14.9. The van der Waals surface area contributed by atoms with E-state index in [2.05, 4.69) is 11.6 Å². The maximum Gasteiger partial charge on any atom is 0.240 e. The Bertz CT molecular complexity index is 770. The molecule has 0 aliphatic carbocycles. The first-order chi connectivity index (χ1) is 11.9. The first-order valence-corrected chi connectivity index (χ1v) is 9.87. The second kappa shape index (κ2) is 8.87. The highest BCUT2D eigenvalue weighted by atomic mass is 32.2. The molecule has 0 heterocycles. The fraction of sp³-hybridized carbons (Fsp3) is 0.368. The molecule has 2 aromatic rings. The van der Waals surface area contributed by atoms with Crippen LogP contribution in [0.15, 0.2) is 53.4 Å². The summed E-state index contributed by atoms with van der Waals surface area (Å²) in [5.41, 5.74) is 1.18. The minimum atomic E-state index is -3.56. The van der Waals surface area contributed by atoms with E-state index in [-0.39, 0.29) is 24.2 Å². The molecule has 0 unspecified atom stereocenters. The normalized spacial score (nSPS) is 11.5. The van der Waals surface area contributed by atoms with Crippen molar-refractivity contribution in [2.45, 2.75) is 38.2 Å². The van der Waals surface area contributed by atoms with Gasteiger partial charge in [-0.3, -0.25) is 0 Å². The highest BCUT2D eigenvalue weighted by molar-refractivity contribution is 7.89. The molecule has 0 aliphatic heterocycles. The van der Waals surface area contributed by atoms with Crippen LogP contribution in [0, 0.1) is 0 Å². The Labute approximate surface area is 150 Å². The van der Waals surface area contributed by atoms with Gasteiger partial charge in [0.25, 0.3) is 0 Å². The smallest absolute Gasteiger partial charge is 0.240 e. The van der Waals surface area contributed by atoms with Crippen LogP contribution >= 0.6 is 0 Å². The fourth-order valence-electron chi connectivity index (χ4n) is 2.25. The van der Waals surface area contributed by atoms with Gasteiger partial charge in [-0.15, -0.1) is 0 Å². The maximum atomic E-state index is 12.3. The van der Waals surface area contributed by atoms with Crippen LogP contribution in [0.25, 0.3) is 0 Å². The molecule has 136 valence electrons. The topological polar surface area (TPSA) is 64.6 Å². The summed E-state index contributed by atoms with van der Waals surface area (Å²) in [6, 6.07) is 14.2. The van der Waals surface area contributed by atoms with Crippen molar-refractivity contribution in [3.05, 3.63) is 54.1 Å². The van der Waals surface area contributed by atoms with Crippen LogP contribution < -0.4 is 14.2 Å². The molecule has 0 spiro atoms. The molecule has 6 heteroatoms. The van der Waals surface area contributed by atoms with E-state index in [9.17, 15) is 8.42 Å². The van der Waals surface area contributed by atoms with Crippen LogP contribution in [0.1, 0.15) is 26.3 Å².